The van der Waals surface area contributed by atoms with Gasteiger partial charge in [0.25, 0.3) is 0 Å². The molecule has 0 N–H and O–H groups in total. The fourth-order valence-corrected chi connectivity index (χ4v) is 3.83. The standard InChI is InChI=1S/C20H29NO3Si/c1-20(2,3)25(5,6)24-13-17-12-15-11-14(19(22)23-4)7-10-18(15)21(17)16-8-9-16/h7,10-12,16H,8-9,13H2,1-6H3. The van der Waals surface area contributed by atoms with Gasteiger partial charge >= 0.3 is 5.97 Å². The van der Waals surface area contributed by atoms with Crippen molar-refractivity contribution in [2.45, 2.75) is 64.4 Å². The number of ether oxygens (including phenoxy) is 1. The number of hydrogen-bond acceptors (Lipinski definition) is 3. The lowest BCUT2D eigenvalue weighted by molar-refractivity contribution is 0.0601. The Bertz CT molecular complexity index is 797. The summed E-state index contributed by atoms with van der Waals surface area (Å²) in [4.78, 5) is 11.8. The molecule has 0 amide bonds. The number of carbonyl (C=O) groups is 1. The van der Waals surface area contributed by atoms with Gasteiger partial charge in [0, 0.05) is 22.6 Å². The van der Waals surface area contributed by atoms with E-state index in [1.807, 2.05) is 18.2 Å². The summed E-state index contributed by atoms with van der Waals surface area (Å²) in [7, 11) is -0.379. The van der Waals surface area contributed by atoms with Crippen LogP contribution in [0, 0.1) is 0 Å². The largest absolute Gasteiger partial charge is 0.465 e. The Hall–Kier alpha value is -1.59. The van der Waals surface area contributed by atoms with Crippen molar-refractivity contribution < 1.29 is 14.0 Å². The number of carbonyl (C=O) groups excluding carboxylic acids is 1. The minimum atomic E-state index is -1.80. The number of methoxy groups -OCH3 is 1. The van der Waals surface area contributed by atoms with Crippen molar-refractivity contribution in [2.24, 2.45) is 0 Å². The van der Waals surface area contributed by atoms with E-state index < -0.39 is 8.32 Å². The Morgan fingerprint density at radius 1 is 1.24 bits per heavy atom. The maximum absolute atomic E-state index is 11.8. The fourth-order valence-electron chi connectivity index (χ4n) is 2.88. The molecular formula is C20H29NO3Si. The van der Waals surface area contributed by atoms with Crippen LogP contribution in [0.5, 0.6) is 0 Å². The Labute approximate surface area is 151 Å². The second kappa shape index (κ2) is 6.29. The van der Waals surface area contributed by atoms with Gasteiger partial charge < -0.3 is 13.7 Å². The van der Waals surface area contributed by atoms with E-state index in [0.29, 0.717) is 18.2 Å². The minimum absolute atomic E-state index is 0.196. The zero-order chi connectivity index (χ0) is 18.4. The molecule has 0 aliphatic heterocycles. The third kappa shape index (κ3) is 3.53. The van der Waals surface area contributed by atoms with Crippen molar-refractivity contribution in [2.75, 3.05) is 7.11 Å². The van der Waals surface area contributed by atoms with Gasteiger partial charge in [-0.1, -0.05) is 20.8 Å². The molecule has 2 aromatic rings. The highest BCUT2D eigenvalue weighted by atomic mass is 28.4. The van der Waals surface area contributed by atoms with Gasteiger partial charge in [0.05, 0.1) is 19.3 Å². The third-order valence-corrected chi connectivity index (χ3v) is 10.1. The molecule has 5 heteroatoms. The van der Waals surface area contributed by atoms with E-state index in [1.165, 1.54) is 31.2 Å². The Morgan fingerprint density at radius 2 is 1.92 bits per heavy atom. The first kappa shape index (κ1) is 18.2. The first-order chi connectivity index (χ1) is 11.6. The predicted molar refractivity (Wildman–Crippen MR) is 104 cm³/mol. The van der Waals surface area contributed by atoms with E-state index in [9.17, 15) is 4.79 Å². The fraction of sp³-hybridized carbons (Fsp3) is 0.550. The lowest BCUT2D eigenvalue weighted by atomic mass is 10.1. The molecule has 1 aliphatic rings. The van der Waals surface area contributed by atoms with Crippen LogP contribution in [0.4, 0.5) is 0 Å². The third-order valence-electron chi connectivity index (χ3n) is 5.64. The number of aromatic nitrogens is 1. The lowest BCUT2D eigenvalue weighted by Crippen LogP contribution is -2.40. The van der Waals surface area contributed by atoms with E-state index >= 15 is 0 Å². The number of rotatable bonds is 5. The number of benzene rings is 1. The molecule has 4 nitrogen and oxygen atoms in total. The number of esters is 1. The highest BCUT2D eigenvalue weighted by Crippen LogP contribution is 2.41. The highest BCUT2D eigenvalue weighted by Gasteiger charge is 2.37. The Morgan fingerprint density at radius 3 is 2.48 bits per heavy atom. The quantitative estimate of drug-likeness (QED) is 0.538. The van der Waals surface area contributed by atoms with Crippen molar-refractivity contribution in [1.82, 2.24) is 4.57 Å². The predicted octanol–water partition coefficient (Wildman–Crippen LogP) is 5.28. The van der Waals surface area contributed by atoms with Crippen LogP contribution in [-0.2, 0) is 15.8 Å². The van der Waals surface area contributed by atoms with Gasteiger partial charge in [-0.25, -0.2) is 4.79 Å². The molecule has 0 saturated heterocycles. The summed E-state index contributed by atoms with van der Waals surface area (Å²) in [5, 5.41) is 1.28. The van der Waals surface area contributed by atoms with E-state index in [-0.39, 0.29) is 11.0 Å². The van der Waals surface area contributed by atoms with Gasteiger partial charge in [-0.05, 0) is 55.2 Å². The molecule has 3 rings (SSSR count). The lowest BCUT2D eigenvalue weighted by Gasteiger charge is -2.36. The highest BCUT2D eigenvalue weighted by molar-refractivity contribution is 6.74. The summed E-state index contributed by atoms with van der Waals surface area (Å²) >= 11 is 0. The molecule has 1 aromatic heterocycles. The zero-order valence-electron chi connectivity index (χ0n) is 16.2. The molecule has 0 bridgehead atoms. The smallest absolute Gasteiger partial charge is 0.337 e. The average molecular weight is 360 g/mol. The molecule has 0 unspecified atom stereocenters. The topological polar surface area (TPSA) is 40.5 Å². The van der Waals surface area contributed by atoms with Crippen LogP contribution in [0.3, 0.4) is 0 Å². The molecule has 136 valence electrons. The summed E-state index contributed by atoms with van der Waals surface area (Å²) in [6.07, 6.45) is 2.44. The molecule has 25 heavy (non-hydrogen) atoms. The van der Waals surface area contributed by atoms with Crippen LogP contribution >= 0.6 is 0 Å². The molecule has 0 radical (unpaired) electrons. The van der Waals surface area contributed by atoms with Crippen LogP contribution in [-0.4, -0.2) is 26.0 Å². The monoisotopic (exact) mass is 359 g/mol. The van der Waals surface area contributed by atoms with Crippen LogP contribution in [0.15, 0.2) is 24.3 Å². The molecule has 1 aromatic carbocycles. The van der Waals surface area contributed by atoms with Crippen molar-refractivity contribution in [3.8, 4) is 0 Å². The van der Waals surface area contributed by atoms with E-state index in [2.05, 4.69) is 44.5 Å². The summed E-state index contributed by atoms with van der Waals surface area (Å²) in [5.41, 5.74) is 2.99. The molecule has 1 saturated carbocycles. The molecule has 1 fully saturated rings. The number of fused-ring (bicyclic) bond motifs is 1. The van der Waals surface area contributed by atoms with Crippen LogP contribution in [0.1, 0.15) is 55.7 Å². The van der Waals surface area contributed by atoms with Crippen molar-refractivity contribution in [1.29, 1.82) is 0 Å². The number of hydrogen-bond donors (Lipinski definition) is 0. The summed E-state index contributed by atoms with van der Waals surface area (Å²) in [6.45, 7) is 12.0. The maximum atomic E-state index is 11.8. The van der Waals surface area contributed by atoms with E-state index in [1.54, 1.807) is 0 Å². The second-order valence-corrected chi connectivity index (χ2v) is 13.4. The van der Waals surface area contributed by atoms with Gasteiger partial charge in [-0.3, -0.25) is 0 Å². The SMILES string of the molecule is COC(=O)c1ccc2c(c1)cc(CO[Si](C)(C)C(C)(C)C)n2C1CC1. The molecule has 1 heterocycles. The van der Waals surface area contributed by atoms with Crippen LogP contribution in [0.25, 0.3) is 10.9 Å². The van der Waals surface area contributed by atoms with Gasteiger partial charge in [0.15, 0.2) is 8.32 Å². The Balaban J connectivity index is 1.94. The summed E-state index contributed by atoms with van der Waals surface area (Å²) < 4.78 is 13.7. The zero-order valence-corrected chi connectivity index (χ0v) is 17.2. The van der Waals surface area contributed by atoms with E-state index in [0.717, 1.165) is 5.39 Å². The van der Waals surface area contributed by atoms with Crippen LogP contribution < -0.4 is 0 Å². The van der Waals surface area contributed by atoms with Crippen molar-refractivity contribution >= 4 is 25.2 Å². The van der Waals surface area contributed by atoms with Gasteiger partial charge in [-0.2, -0.15) is 0 Å². The maximum Gasteiger partial charge on any atom is 0.337 e. The van der Waals surface area contributed by atoms with Gasteiger partial charge in [-0.15, -0.1) is 0 Å². The second-order valence-electron chi connectivity index (χ2n) is 8.55. The Kier molecular flexibility index (Phi) is 4.58. The molecule has 0 spiro atoms. The van der Waals surface area contributed by atoms with E-state index in [4.69, 9.17) is 9.16 Å². The van der Waals surface area contributed by atoms with Crippen molar-refractivity contribution in [3.05, 3.63) is 35.5 Å². The normalized spacial score (nSPS) is 15.6. The van der Waals surface area contributed by atoms with Crippen molar-refractivity contribution in [3.63, 3.8) is 0 Å². The average Bonchev–Trinajstić information content (AvgIpc) is 3.31. The minimum Gasteiger partial charge on any atom is -0.465 e. The molecule has 1 aliphatic carbocycles. The number of nitrogens with zero attached hydrogens (tertiary/aromatic N) is 1. The van der Waals surface area contributed by atoms with Gasteiger partial charge in [0.2, 0.25) is 0 Å². The first-order valence-electron chi connectivity index (χ1n) is 9.00. The van der Waals surface area contributed by atoms with Crippen LogP contribution in [0.2, 0.25) is 18.1 Å². The summed E-state index contributed by atoms with van der Waals surface area (Å²) in [5.74, 6) is -0.292. The molecule has 0 atom stereocenters. The van der Waals surface area contributed by atoms with Gasteiger partial charge in [0.1, 0.15) is 0 Å². The summed E-state index contributed by atoms with van der Waals surface area (Å²) in [6, 6.07) is 8.56. The first-order valence-corrected chi connectivity index (χ1v) is 11.9. The molecular weight excluding hydrogens is 330 g/mol.